The number of hydrogen-bond donors (Lipinski definition) is 2. The van der Waals surface area contributed by atoms with Gasteiger partial charge in [0.2, 0.25) is 6.41 Å². The second-order valence-electron chi connectivity index (χ2n) is 8.06. The summed E-state index contributed by atoms with van der Waals surface area (Å²) >= 11 is 16.9. The molecule has 38 heavy (non-hydrogen) atoms. The van der Waals surface area contributed by atoms with Gasteiger partial charge in [0, 0.05) is 18.6 Å². The van der Waals surface area contributed by atoms with Crippen LogP contribution in [0.1, 0.15) is 22.3 Å². The van der Waals surface area contributed by atoms with E-state index in [-0.39, 0.29) is 37.2 Å². The summed E-state index contributed by atoms with van der Waals surface area (Å²) in [4.78, 5) is 60.6. The van der Waals surface area contributed by atoms with Gasteiger partial charge in [0.05, 0.1) is 23.1 Å². The zero-order valence-corrected chi connectivity index (χ0v) is 21.7. The quantitative estimate of drug-likeness (QED) is 0.113. The van der Waals surface area contributed by atoms with Crippen LogP contribution in [0.3, 0.4) is 0 Å². The first-order chi connectivity index (χ1) is 18.0. The number of alkyl halides is 3. The minimum atomic E-state index is -2.36. The maximum Gasteiger partial charge on any atom is 0.410 e. The van der Waals surface area contributed by atoms with E-state index in [1.807, 2.05) is 0 Å². The Labute approximate surface area is 231 Å². The van der Waals surface area contributed by atoms with Crippen LogP contribution in [0.15, 0.2) is 54.6 Å². The average molecular weight is 588 g/mol. The van der Waals surface area contributed by atoms with Crippen molar-refractivity contribution in [1.29, 1.82) is 0 Å². The molecule has 0 bridgehead atoms. The predicted octanol–water partition coefficient (Wildman–Crippen LogP) is 3.09. The van der Waals surface area contributed by atoms with E-state index in [4.69, 9.17) is 44.3 Å². The Morgan fingerprint density at radius 2 is 1.79 bits per heavy atom. The van der Waals surface area contributed by atoms with Gasteiger partial charge in [0.15, 0.2) is 0 Å². The summed E-state index contributed by atoms with van der Waals surface area (Å²) in [7, 11) is 0. The second-order valence-corrected chi connectivity index (χ2v) is 10.3. The number of ether oxygens (including phenoxy) is 2. The molecule has 0 saturated carbocycles. The molecule has 2 aromatic carbocycles. The van der Waals surface area contributed by atoms with Crippen molar-refractivity contribution in [2.24, 2.45) is 0 Å². The monoisotopic (exact) mass is 586 g/mol. The number of halogens is 3. The minimum Gasteiger partial charge on any atom is -0.457 e. The number of nitrogens with zero attached hydrogens (tertiary/aromatic N) is 2. The number of hydrogen-bond acceptors (Lipinski definition) is 8. The molecule has 0 aromatic heterocycles. The molecule has 202 valence electrons. The number of carbonyl (C=O) groups is 4. The summed E-state index contributed by atoms with van der Waals surface area (Å²) < 4.78 is 8.54. The molecule has 0 spiro atoms. The molecule has 2 aromatic rings. The summed E-state index contributed by atoms with van der Waals surface area (Å²) in [5, 5.41) is 15.6. The number of nitro benzene ring substituents is 1. The smallest absolute Gasteiger partial charge is 0.410 e. The van der Waals surface area contributed by atoms with Crippen molar-refractivity contribution in [3.63, 3.8) is 0 Å². The molecule has 1 aliphatic heterocycles. The third-order valence-corrected chi connectivity index (χ3v) is 6.02. The standard InChI is InChI=1S/C23H21Cl3N4O8/c24-23(25,26)21(33)28-19(27-13-31)18-10-17(38-20(32)15-4-2-1-3-5-15)11-29(18)22(34)37-12-14-6-8-16(9-7-14)30(35)36/h1-9,13,17-19H,10-12H2,(H,27,31)(H,28,33)/t17-,18-,19?/m0/s1. The van der Waals surface area contributed by atoms with E-state index >= 15 is 0 Å². The van der Waals surface area contributed by atoms with Crippen LogP contribution in [0, 0.1) is 10.1 Å². The van der Waals surface area contributed by atoms with Crippen LogP contribution in [0.25, 0.3) is 0 Å². The lowest BCUT2D eigenvalue weighted by Crippen LogP contribution is -2.59. The summed E-state index contributed by atoms with van der Waals surface area (Å²) in [6.45, 7) is -0.371. The van der Waals surface area contributed by atoms with Crippen LogP contribution in [0.2, 0.25) is 0 Å². The normalized spacial score (nSPS) is 17.7. The van der Waals surface area contributed by atoms with Gasteiger partial charge in [-0.1, -0.05) is 53.0 Å². The number of esters is 1. The largest absolute Gasteiger partial charge is 0.457 e. The van der Waals surface area contributed by atoms with Gasteiger partial charge in [-0.05, 0) is 29.8 Å². The summed E-state index contributed by atoms with van der Waals surface area (Å²) in [6, 6.07) is 12.6. The van der Waals surface area contributed by atoms with E-state index in [0.29, 0.717) is 5.56 Å². The third-order valence-electron chi connectivity index (χ3n) is 5.51. The topological polar surface area (TPSA) is 157 Å². The van der Waals surface area contributed by atoms with Gasteiger partial charge in [0.1, 0.15) is 18.9 Å². The van der Waals surface area contributed by atoms with E-state index in [1.54, 1.807) is 30.3 Å². The molecule has 2 N–H and O–H groups in total. The molecule has 15 heteroatoms. The molecular weight excluding hydrogens is 567 g/mol. The Hall–Kier alpha value is -3.61. The number of non-ortho nitro benzene ring substituents is 1. The molecule has 0 radical (unpaired) electrons. The number of carbonyl (C=O) groups excluding carboxylic acids is 4. The lowest BCUT2D eigenvalue weighted by atomic mass is 10.1. The third kappa shape index (κ3) is 7.70. The van der Waals surface area contributed by atoms with Crippen LogP contribution in [-0.4, -0.2) is 62.9 Å². The van der Waals surface area contributed by atoms with Gasteiger partial charge in [-0.2, -0.15) is 0 Å². The van der Waals surface area contributed by atoms with Crippen molar-refractivity contribution in [3.8, 4) is 0 Å². The highest BCUT2D eigenvalue weighted by molar-refractivity contribution is 6.76. The van der Waals surface area contributed by atoms with Crippen LogP contribution >= 0.6 is 34.8 Å². The van der Waals surface area contributed by atoms with Gasteiger partial charge in [-0.3, -0.25) is 24.6 Å². The minimum absolute atomic E-state index is 0.00313. The van der Waals surface area contributed by atoms with Crippen LogP contribution in [0.4, 0.5) is 10.5 Å². The molecule has 1 heterocycles. The summed E-state index contributed by atoms with van der Waals surface area (Å²) in [6.07, 6.45) is -2.65. The van der Waals surface area contributed by atoms with Crippen molar-refractivity contribution in [2.45, 2.75) is 35.1 Å². The van der Waals surface area contributed by atoms with Gasteiger partial charge >= 0.3 is 12.1 Å². The molecule has 3 atom stereocenters. The fraction of sp³-hybridized carbons (Fsp3) is 0.304. The highest BCUT2D eigenvalue weighted by Crippen LogP contribution is 2.28. The zero-order valence-electron chi connectivity index (χ0n) is 19.4. The first-order valence-corrected chi connectivity index (χ1v) is 12.1. The fourth-order valence-corrected chi connectivity index (χ4v) is 3.88. The van der Waals surface area contributed by atoms with Crippen LogP contribution in [-0.2, 0) is 25.7 Å². The van der Waals surface area contributed by atoms with Gasteiger partial charge in [0.25, 0.3) is 15.4 Å². The Bertz CT molecular complexity index is 1180. The van der Waals surface area contributed by atoms with Crippen molar-refractivity contribution in [2.75, 3.05) is 6.54 Å². The van der Waals surface area contributed by atoms with E-state index in [9.17, 15) is 29.3 Å². The first kappa shape index (κ1) is 29.0. The fourth-order valence-electron chi connectivity index (χ4n) is 3.72. The number of likely N-dealkylation sites (tertiary alicyclic amines) is 1. The Morgan fingerprint density at radius 1 is 1.13 bits per heavy atom. The van der Waals surface area contributed by atoms with E-state index in [1.165, 1.54) is 24.3 Å². The zero-order chi connectivity index (χ0) is 27.9. The maximum absolute atomic E-state index is 13.0. The lowest BCUT2D eigenvalue weighted by molar-refractivity contribution is -0.384. The number of benzene rings is 2. The molecule has 3 amide bonds. The highest BCUT2D eigenvalue weighted by Gasteiger charge is 2.44. The molecule has 0 aliphatic carbocycles. The molecule has 12 nitrogen and oxygen atoms in total. The van der Waals surface area contributed by atoms with Crippen molar-refractivity contribution < 1.29 is 33.6 Å². The van der Waals surface area contributed by atoms with E-state index < -0.39 is 45.0 Å². The molecule has 1 saturated heterocycles. The van der Waals surface area contributed by atoms with Crippen molar-refractivity contribution >= 4 is 64.9 Å². The van der Waals surface area contributed by atoms with Gasteiger partial charge < -0.3 is 20.1 Å². The highest BCUT2D eigenvalue weighted by atomic mass is 35.6. The molecule has 1 aliphatic rings. The maximum atomic E-state index is 13.0. The van der Waals surface area contributed by atoms with Gasteiger partial charge in [-0.25, -0.2) is 9.59 Å². The number of nitrogens with one attached hydrogen (secondary N) is 2. The van der Waals surface area contributed by atoms with Crippen LogP contribution < -0.4 is 10.6 Å². The van der Waals surface area contributed by atoms with E-state index in [2.05, 4.69) is 10.6 Å². The molecule has 1 fully saturated rings. The average Bonchev–Trinajstić information content (AvgIpc) is 3.30. The number of rotatable bonds is 9. The summed E-state index contributed by atoms with van der Waals surface area (Å²) in [5.41, 5.74) is 0.629. The number of amides is 3. The molecule has 1 unspecified atom stereocenters. The van der Waals surface area contributed by atoms with Crippen molar-refractivity contribution in [3.05, 3.63) is 75.8 Å². The Morgan fingerprint density at radius 3 is 2.37 bits per heavy atom. The second kappa shape index (κ2) is 12.8. The lowest BCUT2D eigenvalue weighted by Gasteiger charge is -2.31. The Balaban J connectivity index is 1.77. The summed E-state index contributed by atoms with van der Waals surface area (Å²) in [5.74, 6) is -1.70. The van der Waals surface area contributed by atoms with Crippen molar-refractivity contribution in [1.82, 2.24) is 15.5 Å². The Kier molecular flexibility index (Phi) is 9.72. The van der Waals surface area contributed by atoms with Crippen LogP contribution in [0.5, 0.6) is 0 Å². The molecular formula is C23H21Cl3N4O8. The molecule has 3 rings (SSSR count). The number of nitro groups is 1. The van der Waals surface area contributed by atoms with E-state index in [0.717, 1.165) is 4.90 Å². The van der Waals surface area contributed by atoms with Gasteiger partial charge in [-0.15, -0.1) is 0 Å². The SMILES string of the molecule is O=CNC(NC(=O)C(Cl)(Cl)Cl)[C@@H]1C[C@H](OC(=O)c2ccccc2)CN1C(=O)OCc1ccc([N+](=O)[O-])cc1. The first-order valence-electron chi connectivity index (χ1n) is 11.0. The predicted molar refractivity (Wildman–Crippen MR) is 135 cm³/mol.